The van der Waals surface area contributed by atoms with Gasteiger partial charge in [-0.15, -0.1) is 0 Å². The van der Waals surface area contributed by atoms with Crippen LogP contribution < -0.4 is 5.56 Å². The highest BCUT2D eigenvalue weighted by Gasteiger charge is 2.00. The molecule has 11 heavy (non-hydrogen) atoms. The van der Waals surface area contributed by atoms with Gasteiger partial charge in [-0.1, -0.05) is 0 Å². The summed E-state index contributed by atoms with van der Waals surface area (Å²) in [5.74, 6) is 0. The third kappa shape index (κ3) is 0.970. The molecule has 5 heteroatoms. The van der Waals surface area contributed by atoms with Gasteiger partial charge < -0.3 is 0 Å². The quantitative estimate of drug-likeness (QED) is 0.687. The molecule has 0 amide bonds. The topological polar surface area (TPSA) is 61.5 Å². The number of aromatic nitrogens is 3. The summed E-state index contributed by atoms with van der Waals surface area (Å²) in [4.78, 5) is 15.0. The molecule has 2 aromatic rings. The van der Waals surface area contributed by atoms with Crippen LogP contribution in [0.2, 0.25) is 0 Å². The van der Waals surface area contributed by atoms with E-state index < -0.39 is 0 Å². The Labute approximate surface area is 69.8 Å². The number of nitrogens with zero attached hydrogens (tertiary/aromatic N) is 1. The first-order chi connectivity index (χ1) is 5.27. The lowest BCUT2D eigenvalue weighted by Crippen LogP contribution is -1.97. The zero-order valence-corrected chi connectivity index (χ0v) is 6.97. The first-order valence-electron chi connectivity index (χ1n) is 2.99. The Hall–Kier alpha value is -1.10. The summed E-state index contributed by atoms with van der Waals surface area (Å²) in [6.45, 7) is 0. The molecule has 0 atom stereocenters. The zero-order valence-electron chi connectivity index (χ0n) is 5.39. The Morgan fingerprint density at radius 1 is 1.45 bits per heavy atom. The highest BCUT2D eigenvalue weighted by molar-refractivity contribution is 9.10. The molecule has 0 bridgehead atoms. The first-order valence-corrected chi connectivity index (χ1v) is 3.78. The summed E-state index contributed by atoms with van der Waals surface area (Å²) in [7, 11) is 0. The lowest BCUT2D eigenvalue weighted by atomic mass is 10.4. The fraction of sp³-hybridized carbons (Fsp3) is 0. The highest BCUT2D eigenvalue weighted by Crippen LogP contribution is 2.11. The molecule has 0 spiro atoms. The molecule has 4 nitrogen and oxygen atoms in total. The molecule has 0 aliphatic rings. The number of aromatic amines is 2. The van der Waals surface area contributed by atoms with Crippen LogP contribution in [0.1, 0.15) is 0 Å². The van der Waals surface area contributed by atoms with Crippen molar-refractivity contribution in [2.75, 3.05) is 0 Å². The Bertz CT molecular complexity index is 444. The van der Waals surface area contributed by atoms with Gasteiger partial charge in [0.25, 0.3) is 5.56 Å². The van der Waals surface area contributed by atoms with Crippen molar-refractivity contribution in [1.82, 2.24) is 15.2 Å². The molecule has 0 fully saturated rings. The molecule has 0 saturated heterocycles. The second-order valence-corrected chi connectivity index (χ2v) is 3.04. The van der Waals surface area contributed by atoms with Crippen molar-refractivity contribution in [2.24, 2.45) is 0 Å². The van der Waals surface area contributed by atoms with Gasteiger partial charge in [0.05, 0.1) is 5.39 Å². The van der Waals surface area contributed by atoms with Crippen LogP contribution >= 0.6 is 15.9 Å². The standard InChI is InChI=1S/C6H4BrN3O/c7-3-1-4-5(8-2-3)9-10-6(4)11/h1-2H,(H2,8,9,10,11). The lowest BCUT2D eigenvalue weighted by Gasteiger charge is -1.86. The van der Waals surface area contributed by atoms with Gasteiger partial charge in [-0.05, 0) is 22.0 Å². The average molecular weight is 214 g/mol. The van der Waals surface area contributed by atoms with Gasteiger partial charge >= 0.3 is 0 Å². The number of halogens is 1. The molecule has 0 aliphatic heterocycles. The second-order valence-electron chi connectivity index (χ2n) is 2.13. The van der Waals surface area contributed by atoms with Crippen molar-refractivity contribution < 1.29 is 0 Å². The molecule has 0 aromatic carbocycles. The van der Waals surface area contributed by atoms with Crippen molar-refractivity contribution in [3.63, 3.8) is 0 Å². The Balaban J connectivity index is 2.99. The van der Waals surface area contributed by atoms with E-state index in [0.29, 0.717) is 11.0 Å². The molecular formula is C6H4BrN3O. The Morgan fingerprint density at radius 2 is 2.27 bits per heavy atom. The van der Waals surface area contributed by atoms with Crippen LogP contribution in [-0.2, 0) is 0 Å². The summed E-state index contributed by atoms with van der Waals surface area (Å²) in [6, 6.07) is 1.72. The Morgan fingerprint density at radius 3 is 3.09 bits per heavy atom. The fourth-order valence-corrected chi connectivity index (χ4v) is 1.23. The maximum atomic E-state index is 11.0. The van der Waals surface area contributed by atoms with E-state index in [1.165, 1.54) is 0 Å². The van der Waals surface area contributed by atoms with E-state index in [-0.39, 0.29) is 5.56 Å². The number of hydrogen-bond donors (Lipinski definition) is 2. The summed E-state index contributed by atoms with van der Waals surface area (Å²) >= 11 is 3.22. The molecule has 2 rings (SSSR count). The van der Waals surface area contributed by atoms with Gasteiger partial charge in [0, 0.05) is 10.7 Å². The van der Waals surface area contributed by atoms with Crippen molar-refractivity contribution in [2.45, 2.75) is 0 Å². The minimum absolute atomic E-state index is 0.145. The van der Waals surface area contributed by atoms with Crippen molar-refractivity contribution in [1.29, 1.82) is 0 Å². The van der Waals surface area contributed by atoms with Gasteiger partial charge in [0.2, 0.25) is 0 Å². The van der Waals surface area contributed by atoms with Crippen LogP contribution in [0, 0.1) is 0 Å². The van der Waals surface area contributed by atoms with E-state index in [9.17, 15) is 4.79 Å². The summed E-state index contributed by atoms with van der Waals surface area (Å²) in [5, 5.41) is 5.65. The van der Waals surface area contributed by atoms with Crippen molar-refractivity contribution >= 4 is 27.0 Å². The average Bonchev–Trinajstić information content (AvgIpc) is 2.33. The third-order valence-corrected chi connectivity index (χ3v) is 1.83. The molecule has 56 valence electrons. The van der Waals surface area contributed by atoms with Crippen LogP contribution in [0.3, 0.4) is 0 Å². The molecule has 2 heterocycles. The molecule has 2 N–H and O–H groups in total. The van der Waals surface area contributed by atoms with E-state index in [1.807, 2.05) is 0 Å². The van der Waals surface area contributed by atoms with Gasteiger partial charge in [-0.3, -0.25) is 15.0 Å². The monoisotopic (exact) mass is 213 g/mol. The first kappa shape index (κ1) is 6.60. The molecule has 0 saturated carbocycles. The Kier molecular flexibility index (Phi) is 1.32. The summed E-state index contributed by atoms with van der Waals surface area (Å²) < 4.78 is 0.801. The number of nitrogens with one attached hydrogen (secondary N) is 2. The number of pyridine rings is 1. The minimum atomic E-state index is -0.145. The maximum Gasteiger partial charge on any atom is 0.273 e. The summed E-state index contributed by atoms with van der Waals surface area (Å²) in [5.41, 5.74) is 0.437. The summed E-state index contributed by atoms with van der Waals surface area (Å²) in [6.07, 6.45) is 1.63. The third-order valence-electron chi connectivity index (χ3n) is 1.39. The number of rotatable bonds is 0. The van der Waals surface area contributed by atoms with Gasteiger partial charge in [-0.25, -0.2) is 4.98 Å². The largest absolute Gasteiger partial charge is 0.281 e. The highest BCUT2D eigenvalue weighted by atomic mass is 79.9. The zero-order chi connectivity index (χ0) is 7.84. The van der Waals surface area contributed by atoms with Crippen LogP contribution in [-0.4, -0.2) is 15.2 Å². The minimum Gasteiger partial charge on any atom is -0.281 e. The van der Waals surface area contributed by atoms with E-state index in [4.69, 9.17) is 0 Å². The number of H-pyrrole nitrogens is 2. The van der Waals surface area contributed by atoms with E-state index in [0.717, 1.165) is 4.47 Å². The van der Waals surface area contributed by atoms with Gasteiger partial charge in [-0.2, -0.15) is 0 Å². The molecule has 0 radical (unpaired) electrons. The number of fused-ring (bicyclic) bond motifs is 1. The van der Waals surface area contributed by atoms with Crippen LogP contribution in [0.4, 0.5) is 0 Å². The molecule has 0 unspecified atom stereocenters. The van der Waals surface area contributed by atoms with Crippen molar-refractivity contribution in [3.8, 4) is 0 Å². The van der Waals surface area contributed by atoms with E-state index >= 15 is 0 Å². The van der Waals surface area contributed by atoms with Crippen molar-refractivity contribution in [3.05, 3.63) is 27.1 Å². The fourth-order valence-electron chi connectivity index (χ4n) is 0.895. The van der Waals surface area contributed by atoms with Crippen LogP contribution in [0.25, 0.3) is 11.0 Å². The predicted molar refractivity (Wildman–Crippen MR) is 44.4 cm³/mol. The maximum absolute atomic E-state index is 11.0. The normalized spacial score (nSPS) is 10.6. The smallest absolute Gasteiger partial charge is 0.273 e. The molecule has 2 aromatic heterocycles. The van der Waals surface area contributed by atoms with Crippen LogP contribution in [0.5, 0.6) is 0 Å². The van der Waals surface area contributed by atoms with E-state index in [2.05, 4.69) is 31.1 Å². The molecule has 0 aliphatic carbocycles. The lowest BCUT2D eigenvalue weighted by molar-refractivity contribution is 1.06. The number of hydrogen-bond acceptors (Lipinski definition) is 2. The predicted octanol–water partition coefficient (Wildman–Crippen LogP) is 1.01. The SMILES string of the molecule is O=c1[nH][nH]c2ncc(Br)cc12. The van der Waals surface area contributed by atoms with E-state index in [1.54, 1.807) is 12.3 Å². The second kappa shape index (κ2) is 2.20. The van der Waals surface area contributed by atoms with Gasteiger partial charge in [0.1, 0.15) is 0 Å². The van der Waals surface area contributed by atoms with Gasteiger partial charge in [0.15, 0.2) is 5.65 Å². The molecular weight excluding hydrogens is 210 g/mol. The van der Waals surface area contributed by atoms with Crippen LogP contribution in [0.15, 0.2) is 21.5 Å².